The van der Waals surface area contributed by atoms with E-state index < -0.39 is 10.0 Å². The van der Waals surface area contributed by atoms with E-state index in [4.69, 9.17) is 0 Å². The Morgan fingerprint density at radius 3 is 2.43 bits per heavy atom. The fourth-order valence-corrected chi connectivity index (χ4v) is 4.13. The quantitative estimate of drug-likeness (QED) is 0.761. The van der Waals surface area contributed by atoms with Gasteiger partial charge in [-0.25, -0.2) is 8.42 Å². The SMILES string of the molecule is CCCCN(C(C)CC)S(=O)(=O)c1cc(CO)n(CC)c1. The molecule has 1 aromatic heterocycles. The fourth-order valence-electron chi connectivity index (χ4n) is 2.32. The molecule has 1 N–H and O–H groups in total. The van der Waals surface area contributed by atoms with Crippen LogP contribution < -0.4 is 0 Å². The monoisotopic (exact) mass is 316 g/mol. The van der Waals surface area contributed by atoms with Crippen molar-refractivity contribution >= 4 is 10.0 Å². The Hall–Kier alpha value is -0.850. The first-order chi connectivity index (χ1) is 9.92. The van der Waals surface area contributed by atoms with E-state index in [9.17, 15) is 13.5 Å². The van der Waals surface area contributed by atoms with Crippen molar-refractivity contribution in [3.63, 3.8) is 0 Å². The van der Waals surface area contributed by atoms with Gasteiger partial charge in [-0.15, -0.1) is 0 Å². The van der Waals surface area contributed by atoms with Crippen molar-refractivity contribution in [3.05, 3.63) is 18.0 Å². The third-order valence-electron chi connectivity index (χ3n) is 3.88. The van der Waals surface area contributed by atoms with Gasteiger partial charge in [0.15, 0.2) is 0 Å². The van der Waals surface area contributed by atoms with Crippen LogP contribution >= 0.6 is 0 Å². The van der Waals surface area contributed by atoms with Crippen molar-refractivity contribution in [1.29, 1.82) is 0 Å². The highest BCUT2D eigenvalue weighted by molar-refractivity contribution is 7.89. The summed E-state index contributed by atoms with van der Waals surface area (Å²) in [6.07, 6.45) is 4.22. The summed E-state index contributed by atoms with van der Waals surface area (Å²) in [5.74, 6) is 0. The van der Waals surface area contributed by atoms with Crippen LogP contribution in [-0.4, -0.2) is 35.0 Å². The highest BCUT2D eigenvalue weighted by atomic mass is 32.2. The number of aryl methyl sites for hydroxylation is 1. The molecule has 1 rings (SSSR count). The van der Waals surface area contributed by atoms with E-state index in [2.05, 4.69) is 6.92 Å². The second kappa shape index (κ2) is 7.96. The first kappa shape index (κ1) is 18.2. The van der Waals surface area contributed by atoms with Crippen LogP contribution in [0.4, 0.5) is 0 Å². The number of hydrogen-bond donors (Lipinski definition) is 1. The molecule has 0 fully saturated rings. The molecule has 0 saturated heterocycles. The lowest BCUT2D eigenvalue weighted by Crippen LogP contribution is -2.38. The maximum absolute atomic E-state index is 12.9. The van der Waals surface area contributed by atoms with Gasteiger partial charge >= 0.3 is 0 Å². The summed E-state index contributed by atoms with van der Waals surface area (Å²) in [4.78, 5) is 0.282. The van der Waals surface area contributed by atoms with E-state index in [1.165, 1.54) is 0 Å². The molecule has 5 nitrogen and oxygen atoms in total. The van der Waals surface area contributed by atoms with Crippen LogP contribution in [0.25, 0.3) is 0 Å². The summed E-state index contributed by atoms with van der Waals surface area (Å²) in [7, 11) is -3.51. The van der Waals surface area contributed by atoms with Crippen LogP contribution in [0.5, 0.6) is 0 Å². The van der Waals surface area contributed by atoms with E-state index in [0.29, 0.717) is 18.8 Å². The van der Waals surface area contributed by atoms with Gasteiger partial charge in [0.2, 0.25) is 10.0 Å². The van der Waals surface area contributed by atoms with E-state index >= 15 is 0 Å². The lowest BCUT2D eigenvalue weighted by Gasteiger charge is -2.27. The second-order valence-corrected chi connectivity index (χ2v) is 7.23. The summed E-state index contributed by atoms with van der Waals surface area (Å²) in [5.41, 5.74) is 0.635. The van der Waals surface area contributed by atoms with Crippen molar-refractivity contribution in [1.82, 2.24) is 8.87 Å². The predicted molar refractivity (Wildman–Crippen MR) is 84.6 cm³/mol. The molecule has 21 heavy (non-hydrogen) atoms. The predicted octanol–water partition coefficient (Wildman–Crippen LogP) is 2.59. The van der Waals surface area contributed by atoms with Crippen LogP contribution in [0.15, 0.2) is 17.2 Å². The maximum Gasteiger partial charge on any atom is 0.244 e. The molecule has 0 aliphatic heterocycles. The number of nitrogens with zero attached hydrogens (tertiary/aromatic N) is 2. The number of aliphatic hydroxyl groups excluding tert-OH is 1. The van der Waals surface area contributed by atoms with E-state index in [0.717, 1.165) is 19.3 Å². The normalized spacial score (nSPS) is 13.8. The average Bonchev–Trinajstić information content (AvgIpc) is 2.91. The lowest BCUT2D eigenvalue weighted by molar-refractivity contribution is 0.271. The highest BCUT2D eigenvalue weighted by Crippen LogP contribution is 2.23. The molecule has 0 aliphatic rings. The Bertz CT molecular complexity index is 516. The van der Waals surface area contributed by atoms with Gasteiger partial charge in [-0.3, -0.25) is 0 Å². The summed E-state index contributed by atoms with van der Waals surface area (Å²) in [6.45, 7) is 8.95. The van der Waals surface area contributed by atoms with Gasteiger partial charge in [0.05, 0.1) is 6.61 Å². The average molecular weight is 316 g/mol. The molecule has 122 valence electrons. The van der Waals surface area contributed by atoms with Gasteiger partial charge in [-0.2, -0.15) is 4.31 Å². The zero-order valence-corrected chi connectivity index (χ0v) is 14.4. The smallest absolute Gasteiger partial charge is 0.244 e. The van der Waals surface area contributed by atoms with E-state index in [-0.39, 0.29) is 17.5 Å². The van der Waals surface area contributed by atoms with Crippen LogP contribution in [0.3, 0.4) is 0 Å². The number of rotatable bonds is 9. The zero-order chi connectivity index (χ0) is 16.0. The molecule has 1 atom stereocenters. The summed E-state index contributed by atoms with van der Waals surface area (Å²) in [5, 5.41) is 9.33. The number of aromatic nitrogens is 1. The molecule has 0 bridgehead atoms. The Morgan fingerprint density at radius 1 is 1.33 bits per heavy atom. The minimum absolute atomic E-state index is 0.0240. The second-order valence-electron chi connectivity index (χ2n) is 5.34. The van der Waals surface area contributed by atoms with Gasteiger partial charge in [0.1, 0.15) is 4.90 Å². The molecule has 1 aromatic rings. The molecule has 6 heteroatoms. The Morgan fingerprint density at radius 2 is 2.00 bits per heavy atom. The zero-order valence-electron chi connectivity index (χ0n) is 13.5. The van der Waals surface area contributed by atoms with Crippen LogP contribution in [-0.2, 0) is 23.2 Å². The Labute approximate surface area is 128 Å². The number of sulfonamides is 1. The first-order valence-corrected chi connectivity index (χ1v) is 9.18. The molecule has 1 unspecified atom stereocenters. The lowest BCUT2D eigenvalue weighted by atomic mass is 10.2. The first-order valence-electron chi connectivity index (χ1n) is 7.74. The van der Waals surface area contributed by atoms with Crippen molar-refractivity contribution in [2.24, 2.45) is 0 Å². The summed E-state index contributed by atoms with van der Waals surface area (Å²) in [6, 6.07) is 1.56. The van der Waals surface area contributed by atoms with Crippen molar-refractivity contribution in [2.75, 3.05) is 6.54 Å². The Kier molecular flexibility index (Phi) is 6.90. The number of hydrogen-bond acceptors (Lipinski definition) is 3. The third-order valence-corrected chi connectivity index (χ3v) is 5.86. The highest BCUT2D eigenvalue weighted by Gasteiger charge is 2.29. The fraction of sp³-hybridized carbons (Fsp3) is 0.733. The van der Waals surface area contributed by atoms with E-state index in [1.54, 1.807) is 21.1 Å². The van der Waals surface area contributed by atoms with Crippen molar-refractivity contribution in [3.8, 4) is 0 Å². The molecule has 0 saturated carbocycles. The van der Waals surface area contributed by atoms with Crippen LogP contribution in [0, 0.1) is 0 Å². The molecular formula is C15H28N2O3S. The van der Waals surface area contributed by atoms with Gasteiger partial charge in [-0.05, 0) is 32.8 Å². The van der Waals surface area contributed by atoms with E-state index in [1.807, 2.05) is 20.8 Å². The topological polar surface area (TPSA) is 62.5 Å². The maximum atomic E-state index is 12.9. The molecule has 0 radical (unpaired) electrons. The molecule has 0 aliphatic carbocycles. The van der Waals surface area contributed by atoms with Gasteiger partial charge in [0.25, 0.3) is 0 Å². The van der Waals surface area contributed by atoms with Gasteiger partial charge < -0.3 is 9.67 Å². The largest absolute Gasteiger partial charge is 0.390 e. The standard InChI is InChI=1S/C15H28N2O3S/c1-5-8-9-17(13(4)6-2)21(19,20)15-10-14(12-18)16(7-3)11-15/h10-11,13,18H,5-9,12H2,1-4H3. The minimum atomic E-state index is -3.51. The van der Waals surface area contributed by atoms with Crippen molar-refractivity contribution < 1.29 is 13.5 Å². The molecular weight excluding hydrogens is 288 g/mol. The van der Waals surface area contributed by atoms with Crippen LogP contribution in [0.1, 0.15) is 52.7 Å². The summed E-state index contributed by atoms with van der Waals surface area (Å²) >= 11 is 0. The number of aliphatic hydroxyl groups is 1. The minimum Gasteiger partial charge on any atom is -0.390 e. The molecule has 0 spiro atoms. The van der Waals surface area contributed by atoms with Gasteiger partial charge in [0, 0.05) is 31.0 Å². The number of unbranched alkanes of at least 4 members (excludes halogenated alkanes) is 1. The van der Waals surface area contributed by atoms with Crippen LogP contribution in [0.2, 0.25) is 0 Å². The van der Waals surface area contributed by atoms with Gasteiger partial charge in [-0.1, -0.05) is 20.3 Å². The summed E-state index contributed by atoms with van der Waals surface area (Å²) < 4.78 is 29.1. The molecule has 0 amide bonds. The third kappa shape index (κ3) is 4.08. The Balaban J connectivity index is 3.18. The molecule has 0 aromatic carbocycles. The van der Waals surface area contributed by atoms with Crippen molar-refractivity contribution in [2.45, 2.75) is 71.0 Å². The molecule has 1 heterocycles.